The molecule has 0 unspecified atom stereocenters. The lowest BCUT2D eigenvalue weighted by molar-refractivity contribution is 0.101. The molecule has 3 aromatic rings. The minimum atomic E-state index is -0.515. The van der Waals surface area contributed by atoms with Crippen molar-refractivity contribution in [2.45, 2.75) is 19.8 Å². The summed E-state index contributed by atoms with van der Waals surface area (Å²) < 4.78 is 0. The van der Waals surface area contributed by atoms with Crippen LogP contribution in [0.5, 0.6) is 0 Å². The first kappa shape index (κ1) is 22.4. The molecule has 0 radical (unpaired) electrons. The standard InChI is InChI=1S/C29H27NO3/c1-20-15-21(2)17-24(16-20)27-25(28(32)22-9-5-3-6-10-22)18-30(13-14-31)19-26(27)29(33)23-11-7-4-8-12-23/h3-12,15-19,27,31H,13-14H2,1-2H3. The SMILES string of the molecule is Cc1cc(C)cc(C2C(C(=O)c3ccccc3)=CN(CCO)C=C2C(=O)c2ccccc2)c1. The van der Waals surface area contributed by atoms with E-state index < -0.39 is 5.92 Å². The summed E-state index contributed by atoms with van der Waals surface area (Å²) in [7, 11) is 0. The van der Waals surface area contributed by atoms with E-state index in [1.165, 1.54) is 0 Å². The second-order valence-electron chi connectivity index (χ2n) is 8.37. The molecule has 1 aliphatic heterocycles. The zero-order valence-corrected chi connectivity index (χ0v) is 18.9. The molecule has 4 nitrogen and oxygen atoms in total. The normalized spacial score (nSPS) is 14.0. The Morgan fingerprint density at radius 2 is 1.21 bits per heavy atom. The smallest absolute Gasteiger partial charge is 0.191 e. The van der Waals surface area contributed by atoms with Gasteiger partial charge in [-0.05, 0) is 19.4 Å². The molecule has 0 fully saturated rings. The number of hydrogen-bond donors (Lipinski definition) is 1. The maximum atomic E-state index is 13.7. The van der Waals surface area contributed by atoms with Crippen LogP contribution in [0.25, 0.3) is 0 Å². The van der Waals surface area contributed by atoms with E-state index in [0.29, 0.717) is 22.3 Å². The van der Waals surface area contributed by atoms with Crippen molar-refractivity contribution < 1.29 is 14.7 Å². The summed E-state index contributed by atoms with van der Waals surface area (Å²) in [5.41, 5.74) is 5.21. The highest BCUT2D eigenvalue weighted by molar-refractivity contribution is 6.15. The predicted octanol–water partition coefficient (Wildman–Crippen LogP) is 5.23. The van der Waals surface area contributed by atoms with Gasteiger partial charge in [0.2, 0.25) is 0 Å². The Kier molecular flexibility index (Phi) is 6.66. The number of aliphatic hydroxyl groups excluding tert-OH is 1. The Morgan fingerprint density at radius 3 is 1.64 bits per heavy atom. The number of carbonyl (C=O) groups is 2. The molecule has 0 aromatic heterocycles. The average molecular weight is 438 g/mol. The van der Waals surface area contributed by atoms with Crippen molar-refractivity contribution in [1.29, 1.82) is 0 Å². The highest BCUT2D eigenvalue weighted by atomic mass is 16.3. The minimum absolute atomic E-state index is 0.0964. The Labute approximate surface area is 194 Å². The van der Waals surface area contributed by atoms with Gasteiger partial charge in [-0.25, -0.2) is 0 Å². The topological polar surface area (TPSA) is 57.6 Å². The summed E-state index contributed by atoms with van der Waals surface area (Å²) in [6, 6.07) is 24.4. The van der Waals surface area contributed by atoms with E-state index in [0.717, 1.165) is 16.7 Å². The number of benzene rings is 3. The van der Waals surface area contributed by atoms with Crippen molar-refractivity contribution in [2.75, 3.05) is 13.2 Å². The summed E-state index contributed by atoms with van der Waals surface area (Å²) in [6.07, 6.45) is 3.55. The van der Waals surface area contributed by atoms with Gasteiger partial charge in [0.05, 0.1) is 6.61 Å². The van der Waals surface area contributed by atoms with Gasteiger partial charge in [0.25, 0.3) is 0 Å². The maximum absolute atomic E-state index is 13.7. The van der Waals surface area contributed by atoms with Crippen LogP contribution in [-0.2, 0) is 0 Å². The van der Waals surface area contributed by atoms with Crippen LogP contribution in [0, 0.1) is 13.8 Å². The number of aryl methyl sites for hydroxylation is 2. The highest BCUT2D eigenvalue weighted by Crippen LogP contribution is 2.39. The fraction of sp³-hybridized carbons (Fsp3) is 0.172. The van der Waals surface area contributed by atoms with Crippen molar-refractivity contribution in [3.8, 4) is 0 Å². The molecule has 166 valence electrons. The Morgan fingerprint density at radius 1 is 0.758 bits per heavy atom. The molecule has 3 aromatic carbocycles. The summed E-state index contributed by atoms with van der Waals surface area (Å²) >= 11 is 0. The molecule has 1 heterocycles. The molecular weight excluding hydrogens is 410 g/mol. The lowest BCUT2D eigenvalue weighted by Gasteiger charge is -2.31. The first-order valence-electron chi connectivity index (χ1n) is 11.1. The number of rotatable bonds is 7. The third-order valence-electron chi connectivity index (χ3n) is 5.76. The molecule has 33 heavy (non-hydrogen) atoms. The molecule has 0 bridgehead atoms. The summed E-state index contributed by atoms with van der Waals surface area (Å²) in [5, 5.41) is 9.59. The van der Waals surface area contributed by atoms with Gasteiger partial charge in [0.1, 0.15) is 0 Å². The van der Waals surface area contributed by atoms with Crippen LogP contribution in [0.4, 0.5) is 0 Å². The summed E-state index contributed by atoms with van der Waals surface area (Å²) in [5.74, 6) is -0.776. The van der Waals surface area contributed by atoms with E-state index in [4.69, 9.17) is 0 Å². The number of allylic oxidation sites excluding steroid dienone is 2. The van der Waals surface area contributed by atoms with Gasteiger partial charge in [-0.3, -0.25) is 9.59 Å². The molecule has 4 heteroatoms. The lowest BCUT2D eigenvalue weighted by Crippen LogP contribution is -2.29. The van der Waals surface area contributed by atoms with Gasteiger partial charge in [-0.1, -0.05) is 90.0 Å². The van der Waals surface area contributed by atoms with E-state index in [9.17, 15) is 14.7 Å². The van der Waals surface area contributed by atoms with Gasteiger partial charge in [-0.15, -0.1) is 0 Å². The molecule has 4 rings (SSSR count). The van der Waals surface area contributed by atoms with Crippen molar-refractivity contribution in [3.63, 3.8) is 0 Å². The first-order chi connectivity index (χ1) is 16.0. The maximum Gasteiger partial charge on any atom is 0.191 e. The van der Waals surface area contributed by atoms with Crippen molar-refractivity contribution in [2.24, 2.45) is 0 Å². The van der Waals surface area contributed by atoms with Gasteiger partial charge in [0.15, 0.2) is 11.6 Å². The van der Waals surface area contributed by atoms with Gasteiger partial charge in [0, 0.05) is 47.1 Å². The number of carbonyl (C=O) groups excluding carboxylic acids is 2. The molecule has 0 saturated carbocycles. The number of ketones is 2. The van der Waals surface area contributed by atoms with Crippen LogP contribution in [-0.4, -0.2) is 34.7 Å². The predicted molar refractivity (Wildman–Crippen MR) is 130 cm³/mol. The Balaban J connectivity index is 1.90. The molecule has 1 N–H and O–H groups in total. The molecule has 0 aliphatic carbocycles. The highest BCUT2D eigenvalue weighted by Gasteiger charge is 2.34. The van der Waals surface area contributed by atoms with Crippen molar-refractivity contribution in [3.05, 3.63) is 130 Å². The summed E-state index contributed by atoms with van der Waals surface area (Å²) in [4.78, 5) is 29.2. The number of Topliss-reactive ketones (excluding diaryl/α,β-unsaturated/α-hetero) is 2. The molecule has 0 saturated heterocycles. The van der Waals surface area contributed by atoms with E-state index in [1.807, 2.05) is 62.4 Å². The Bertz CT molecular complexity index is 1140. The van der Waals surface area contributed by atoms with Crippen molar-refractivity contribution in [1.82, 2.24) is 4.90 Å². The van der Waals surface area contributed by atoms with Gasteiger partial charge < -0.3 is 10.0 Å². The third-order valence-corrected chi connectivity index (χ3v) is 5.76. The van der Waals surface area contributed by atoms with Crippen LogP contribution < -0.4 is 0 Å². The molecule has 0 atom stereocenters. The van der Waals surface area contributed by atoms with Gasteiger partial charge in [-0.2, -0.15) is 0 Å². The van der Waals surface area contributed by atoms with Crippen LogP contribution >= 0.6 is 0 Å². The second-order valence-corrected chi connectivity index (χ2v) is 8.37. The average Bonchev–Trinajstić information content (AvgIpc) is 2.83. The van der Waals surface area contributed by atoms with Crippen LogP contribution in [0.1, 0.15) is 43.3 Å². The first-order valence-corrected chi connectivity index (χ1v) is 11.1. The number of nitrogens with zero attached hydrogens (tertiary/aromatic N) is 1. The van der Waals surface area contributed by atoms with Crippen LogP contribution in [0.2, 0.25) is 0 Å². The number of aliphatic hydroxyl groups is 1. The van der Waals surface area contributed by atoms with E-state index in [1.54, 1.807) is 41.6 Å². The monoisotopic (exact) mass is 437 g/mol. The lowest BCUT2D eigenvalue weighted by atomic mass is 9.77. The zero-order valence-electron chi connectivity index (χ0n) is 18.9. The summed E-state index contributed by atoms with van der Waals surface area (Å²) in [6.45, 7) is 4.22. The number of β-amino-alcohol motifs (C(OH)–C–C–N with tert-alkyl or cyclic N) is 1. The number of hydrogen-bond acceptors (Lipinski definition) is 4. The van der Waals surface area contributed by atoms with Crippen LogP contribution in [0.3, 0.4) is 0 Å². The fourth-order valence-corrected chi connectivity index (χ4v) is 4.38. The minimum Gasteiger partial charge on any atom is -0.395 e. The quantitative estimate of drug-likeness (QED) is 0.515. The molecule has 1 aliphatic rings. The van der Waals surface area contributed by atoms with E-state index in [-0.39, 0.29) is 24.7 Å². The molecule has 0 amide bonds. The van der Waals surface area contributed by atoms with E-state index >= 15 is 0 Å². The fourth-order valence-electron chi connectivity index (χ4n) is 4.38. The largest absolute Gasteiger partial charge is 0.395 e. The molecular formula is C29H27NO3. The molecule has 0 spiro atoms. The van der Waals surface area contributed by atoms with Crippen molar-refractivity contribution >= 4 is 11.6 Å². The third kappa shape index (κ3) is 4.86. The zero-order chi connectivity index (χ0) is 23.4. The van der Waals surface area contributed by atoms with Gasteiger partial charge >= 0.3 is 0 Å². The second kappa shape index (κ2) is 9.80. The van der Waals surface area contributed by atoms with Crippen LogP contribution in [0.15, 0.2) is 102 Å². The Hall–Kier alpha value is -3.76. The van der Waals surface area contributed by atoms with E-state index in [2.05, 4.69) is 6.07 Å².